The molecule has 2 nitrogen and oxygen atoms in total. The Labute approximate surface area is 93.4 Å². The second-order valence-electron chi connectivity index (χ2n) is 1.45. The van der Waals surface area contributed by atoms with Crippen molar-refractivity contribution in [3.05, 3.63) is 0 Å². The molecule has 0 bridgehead atoms. The molecule has 0 atom stereocenters. The maximum atomic E-state index is 10.1. The van der Waals surface area contributed by atoms with Gasteiger partial charge in [0, 0.05) is 72.1 Å². The Bertz CT molecular complexity index is 68.4. The maximum absolute atomic E-state index is 10.1. The van der Waals surface area contributed by atoms with E-state index in [1.54, 1.807) is 0 Å². The van der Waals surface area contributed by atoms with Gasteiger partial charge < -0.3 is 5.32 Å². The normalized spacial score (nSPS) is 15.8. The zero-order chi connectivity index (χ0) is 4.41. The summed E-state index contributed by atoms with van der Waals surface area (Å²) < 4.78 is 0. The van der Waals surface area contributed by atoms with Crippen LogP contribution in [-0.2, 0) is 4.79 Å². The van der Waals surface area contributed by atoms with Crippen LogP contribution < -0.4 is 5.32 Å². The summed E-state index contributed by atoms with van der Waals surface area (Å²) in [5.41, 5.74) is 0. The van der Waals surface area contributed by atoms with Gasteiger partial charge in [0.1, 0.15) is 0 Å². The summed E-state index contributed by atoms with van der Waals surface area (Å²) in [4.78, 5) is 10.1. The molecule has 0 saturated carbocycles. The van der Waals surface area contributed by atoms with Gasteiger partial charge in [0.25, 0.3) is 0 Å². The average molecular weight is 131 g/mol. The molecule has 36 valence electrons. The van der Waals surface area contributed by atoms with Gasteiger partial charge in [0.15, 0.2) is 0 Å². The Balaban J connectivity index is 0. The van der Waals surface area contributed by atoms with Crippen molar-refractivity contribution in [1.29, 1.82) is 0 Å². The fourth-order valence-corrected chi connectivity index (χ4v) is 0.565. The molecule has 1 saturated heterocycles. The average Bonchev–Trinajstić information content (AvgIpc) is 1.86. The smallest absolute Gasteiger partial charge is 0.220 e. The van der Waals surface area contributed by atoms with Crippen LogP contribution in [0.3, 0.4) is 0 Å². The Morgan fingerprint density at radius 3 is 2.12 bits per heavy atom. The number of hydrogen-bond acceptors (Lipinski definition) is 1. The quantitative estimate of drug-likeness (QED) is 0.425. The molecule has 0 aromatic heterocycles. The predicted molar refractivity (Wildman–Crippen MR) is 33.8 cm³/mol. The number of nitrogens with one attached hydrogen (secondary N) is 1. The Hall–Kier alpha value is 1.47. The standard InChI is InChI=1S/C4H7NO.2Na/c6-4-2-1-3-5-4;;/h1-3H2,(H,5,6);;. The minimum absolute atomic E-state index is 0. The number of carbonyl (C=O) groups excluding carboxylic acids is 1. The molecule has 1 aliphatic heterocycles. The van der Waals surface area contributed by atoms with Gasteiger partial charge in [0.2, 0.25) is 5.91 Å². The van der Waals surface area contributed by atoms with Crippen LogP contribution in [0.5, 0.6) is 0 Å². The molecular weight excluding hydrogens is 124 g/mol. The van der Waals surface area contributed by atoms with E-state index in [-0.39, 0.29) is 65.0 Å². The van der Waals surface area contributed by atoms with E-state index in [4.69, 9.17) is 0 Å². The van der Waals surface area contributed by atoms with Gasteiger partial charge in [-0.2, -0.15) is 0 Å². The molecular formula is C4H7NNa2O. The van der Waals surface area contributed by atoms with E-state index in [0.717, 1.165) is 19.4 Å². The number of hydrogen-bond donors (Lipinski definition) is 1. The topological polar surface area (TPSA) is 29.1 Å². The minimum atomic E-state index is 0. The molecule has 8 heavy (non-hydrogen) atoms. The van der Waals surface area contributed by atoms with Crippen molar-refractivity contribution in [2.75, 3.05) is 6.54 Å². The van der Waals surface area contributed by atoms with Crippen LogP contribution in [0.25, 0.3) is 0 Å². The van der Waals surface area contributed by atoms with E-state index in [1.165, 1.54) is 0 Å². The molecule has 1 heterocycles. The predicted octanol–water partition coefficient (Wildman–Crippen LogP) is -0.865. The third-order valence-electron chi connectivity index (χ3n) is 0.903. The SMILES string of the molecule is O=C1CCCN1.[Na].[Na]. The van der Waals surface area contributed by atoms with Gasteiger partial charge in [-0.3, -0.25) is 4.79 Å². The molecule has 1 N–H and O–H groups in total. The van der Waals surface area contributed by atoms with Gasteiger partial charge in [-0.25, -0.2) is 0 Å². The summed E-state index contributed by atoms with van der Waals surface area (Å²) >= 11 is 0. The van der Waals surface area contributed by atoms with Crippen molar-refractivity contribution in [2.45, 2.75) is 12.8 Å². The largest absolute Gasteiger partial charge is 0.356 e. The van der Waals surface area contributed by atoms with Gasteiger partial charge in [-0.1, -0.05) is 0 Å². The monoisotopic (exact) mass is 131 g/mol. The second kappa shape index (κ2) is 6.59. The molecule has 4 heteroatoms. The molecule has 1 rings (SSSR count). The Morgan fingerprint density at radius 2 is 2.00 bits per heavy atom. The first-order valence-electron chi connectivity index (χ1n) is 2.16. The van der Waals surface area contributed by atoms with E-state index in [1.807, 2.05) is 0 Å². The molecule has 1 amide bonds. The zero-order valence-electron chi connectivity index (χ0n) is 5.53. The summed E-state index contributed by atoms with van der Waals surface area (Å²) in [7, 11) is 0. The molecule has 0 aromatic rings. The summed E-state index contributed by atoms with van der Waals surface area (Å²) in [5, 5.41) is 2.68. The Morgan fingerprint density at radius 1 is 1.38 bits per heavy atom. The van der Waals surface area contributed by atoms with Crippen molar-refractivity contribution in [3.8, 4) is 0 Å². The third-order valence-corrected chi connectivity index (χ3v) is 0.903. The van der Waals surface area contributed by atoms with Crippen LogP contribution in [-0.4, -0.2) is 71.6 Å². The number of amides is 1. The number of rotatable bonds is 0. The van der Waals surface area contributed by atoms with Crippen molar-refractivity contribution >= 4 is 65.0 Å². The maximum Gasteiger partial charge on any atom is 0.220 e. The molecule has 0 aromatic carbocycles. The van der Waals surface area contributed by atoms with Crippen LogP contribution in [0.15, 0.2) is 0 Å². The first-order chi connectivity index (χ1) is 2.89. The van der Waals surface area contributed by atoms with E-state index in [2.05, 4.69) is 5.32 Å². The minimum Gasteiger partial charge on any atom is -0.356 e. The fourth-order valence-electron chi connectivity index (χ4n) is 0.565. The molecule has 0 aliphatic carbocycles. The Kier molecular flexibility index (Phi) is 10.0. The second-order valence-corrected chi connectivity index (χ2v) is 1.45. The zero-order valence-corrected chi connectivity index (χ0v) is 9.53. The van der Waals surface area contributed by atoms with Crippen molar-refractivity contribution in [3.63, 3.8) is 0 Å². The van der Waals surface area contributed by atoms with Crippen molar-refractivity contribution in [2.24, 2.45) is 0 Å². The van der Waals surface area contributed by atoms with Crippen LogP contribution in [0.1, 0.15) is 12.8 Å². The van der Waals surface area contributed by atoms with Gasteiger partial charge in [-0.15, -0.1) is 0 Å². The first kappa shape index (κ1) is 12.2. The summed E-state index contributed by atoms with van der Waals surface area (Å²) in [6.45, 7) is 0.888. The van der Waals surface area contributed by atoms with Crippen molar-refractivity contribution < 1.29 is 4.79 Å². The first-order valence-corrected chi connectivity index (χ1v) is 2.16. The van der Waals surface area contributed by atoms with E-state index in [0.29, 0.717) is 0 Å². The summed E-state index contributed by atoms with van der Waals surface area (Å²) in [6.07, 6.45) is 1.76. The fraction of sp³-hybridized carbons (Fsp3) is 0.750. The molecule has 1 aliphatic rings. The number of carbonyl (C=O) groups is 1. The van der Waals surface area contributed by atoms with Gasteiger partial charge in [0.05, 0.1) is 0 Å². The summed E-state index contributed by atoms with van der Waals surface area (Å²) in [5.74, 6) is 0.204. The van der Waals surface area contributed by atoms with E-state index >= 15 is 0 Å². The molecule has 2 radical (unpaired) electrons. The van der Waals surface area contributed by atoms with Gasteiger partial charge in [-0.05, 0) is 6.42 Å². The van der Waals surface area contributed by atoms with Crippen LogP contribution >= 0.6 is 0 Å². The van der Waals surface area contributed by atoms with E-state index < -0.39 is 0 Å². The van der Waals surface area contributed by atoms with E-state index in [9.17, 15) is 4.79 Å². The van der Waals surface area contributed by atoms with Crippen LogP contribution in [0.4, 0.5) is 0 Å². The van der Waals surface area contributed by atoms with Gasteiger partial charge >= 0.3 is 0 Å². The molecule has 0 spiro atoms. The van der Waals surface area contributed by atoms with Crippen LogP contribution in [0.2, 0.25) is 0 Å². The van der Waals surface area contributed by atoms with Crippen LogP contribution in [0, 0.1) is 0 Å². The van der Waals surface area contributed by atoms with Crippen molar-refractivity contribution in [1.82, 2.24) is 5.32 Å². The molecule has 1 fully saturated rings. The molecule has 0 unspecified atom stereocenters. The third kappa shape index (κ3) is 4.36. The summed E-state index contributed by atoms with van der Waals surface area (Å²) in [6, 6.07) is 0.